The molecule has 0 spiro atoms. The third kappa shape index (κ3) is 2.85. The lowest BCUT2D eigenvalue weighted by atomic mass is 10.00. The number of piperazine rings is 1. The molecule has 1 fully saturated rings. The molecule has 3 heteroatoms. The molecule has 17 heavy (non-hydrogen) atoms. The van der Waals surface area contributed by atoms with Gasteiger partial charge in [-0.05, 0) is 30.5 Å². The van der Waals surface area contributed by atoms with Gasteiger partial charge in [0, 0.05) is 32.2 Å². The van der Waals surface area contributed by atoms with Crippen LogP contribution in [0.5, 0.6) is 0 Å². The van der Waals surface area contributed by atoms with E-state index in [1.165, 1.54) is 5.56 Å². The molecule has 0 aromatic heterocycles. The molecule has 2 nitrogen and oxygen atoms in total. The van der Waals surface area contributed by atoms with E-state index in [2.05, 4.69) is 17.1 Å². The standard InChI is InChI=1S/C14H21FN2/c1-3-14(17-8-6-16-7-9-17)12-4-5-13(15)11(2)10-12/h4-5,10,14,16H,3,6-9H2,1-2H3/t14-/m0/s1. The van der Waals surface area contributed by atoms with Crippen molar-refractivity contribution in [2.24, 2.45) is 0 Å². The predicted octanol–water partition coefficient (Wildman–Crippen LogP) is 2.49. The van der Waals surface area contributed by atoms with Gasteiger partial charge in [0.05, 0.1) is 0 Å². The molecule has 0 saturated carbocycles. The summed E-state index contributed by atoms with van der Waals surface area (Å²) in [6.45, 7) is 8.30. The van der Waals surface area contributed by atoms with Crippen molar-refractivity contribution in [2.45, 2.75) is 26.3 Å². The summed E-state index contributed by atoms with van der Waals surface area (Å²) in [7, 11) is 0. The number of rotatable bonds is 3. The zero-order valence-corrected chi connectivity index (χ0v) is 10.7. The highest BCUT2D eigenvalue weighted by Crippen LogP contribution is 2.25. The normalized spacial score (nSPS) is 19.2. The molecule has 2 rings (SSSR count). The van der Waals surface area contributed by atoms with Gasteiger partial charge in [-0.25, -0.2) is 4.39 Å². The second-order valence-electron chi connectivity index (χ2n) is 4.72. The Morgan fingerprint density at radius 3 is 2.65 bits per heavy atom. The topological polar surface area (TPSA) is 15.3 Å². The van der Waals surface area contributed by atoms with Crippen LogP contribution in [-0.4, -0.2) is 31.1 Å². The van der Waals surface area contributed by atoms with Crippen molar-refractivity contribution in [3.63, 3.8) is 0 Å². The van der Waals surface area contributed by atoms with Crippen LogP contribution in [0.3, 0.4) is 0 Å². The number of aryl methyl sites for hydroxylation is 1. The summed E-state index contributed by atoms with van der Waals surface area (Å²) in [6.07, 6.45) is 1.07. The molecule has 1 saturated heterocycles. The van der Waals surface area contributed by atoms with E-state index in [0.29, 0.717) is 6.04 Å². The van der Waals surface area contributed by atoms with Gasteiger partial charge in [-0.1, -0.05) is 19.1 Å². The highest BCUT2D eigenvalue weighted by atomic mass is 19.1. The summed E-state index contributed by atoms with van der Waals surface area (Å²) >= 11 is 0. The third-order valence-corrected chi connectivity index (χ3v) is 3.55. The molecule has 1 aromatic rings. The van der Waals surface area contributed by atoms with E-state index in [1.807, 2.05) is 19.1 Å². The SMILES string of the molecule is CC[C@@H](c1ccc(F)c(C)c1)N1CCNCC1. The Balaban J connectivity index is 2.18. The first-order valence-electron chi connectivity index (χ1n) is 6.43. The Labute approximate surface area is 103 Å². The first kappa shape index (κ1) is 12.5. The van der Waals surface area contributed by atoms with Crippen molar-refractivity contribution >= 4 is 0 Å². The highest BCUT2D eigenvalue weighted by Gasteiger charge is 2.20. The molecule has 1 aromatic carbocycles. The number of halogens is 1. The number of nitrogens with zero attached hydrogens (tertiary/aromatic N) is 1. The Bertz CT molecular complexity index is 372. The maximum atomic E-state index is 13.3. The first-order chi connectivity index (χ1) is 8.22. The molecule has 1 aliphatic heterocycles. The maximum absolute atomic E-state index is 13.3. The van der Waals surface area contributed by atoms with Crippen LogP contribution in [0.25, 0.3) is 0 Å². The molecule has 0 bridgehead atoms. The quantitative estimate of drug-likeness (QED) is 0.867. The van der Waals surface area contributed by atoms with Gasteiger partial charge in [-0.2, -0.15) is 0 Å². The van der Waals surface area contributed by atoms with Gasteiger partial charge in [0.15, 0.2) is 0 Å². The van der Waals surface area contributed by atoms with Crippen molar-refractivity contribution in [1.29, 1.82) is 0 Å². The molecular formula is C14H21FN2. The van der Waals surface area contributed by atoms with Gasteiger partial charge < -0.3 is 5.32 Å². The van der Waals surface area contributed by atoms with E-state index in [1.54, 1.807) is 6.07 Å². The smallest absolute Gasteiger partial charge is 0.126 e. The largest absolute Gasteiger partial charge is 0.314 e. The lowest BCUT2D eigenvalue weighted by Gasteiger charge is -2.34. The van der Waals surface area contributed by atoms with E-state index in [9.17, 15) is 4.39 Å². The summed E-state index contributed by atoms with van der Waals surface area (Å²) in [5.41, 5.74) is 1.99. The van der Waals surface area contributed by atoms with Crippen LogP contribution in [0.15, 0.2) is 18.2 Å². The van der Waals surface area contributed by atoms with E-state index in [0.717, 1.165) is 38.2 Å². The van der Waals surface area contributed by atoms with Crippen LogP contribution in [0.2, 0.25) is 0 Å². The Morgan fingerprint density at radius 2 is 2.06 bits per heavy atom. The molecule has 0 aliphatic carbocycles. The Hall–Kier alpha value is -0.930. The number of hydrogen-bond acceptors (Lipinski definition) is 2. The molecule has 0 amide bonds. The molecule has 1 heterocycles. The van der Waals surface area contributed by atoms with Crippen molar-refractivity contribution in [2.75, 3.05) is 26.2 Å². The molecular weight excluding hydrogens is 215 g/mol. The number of nitrogens with one attached hydrogen (secondary N) is 1. The summed E-state index contributed by atoms with van der Waals surface area (Å²) in [5.74, 6) is -0.107. The second-order valence-corrected chi connectivity index (χ2v) is 4.72. The van der Waals surface area contributed by atoms with E-state index >= 15 is 0 Å². The Kier molecular flexibility index (Phi) is 4.13. The van der Waals surface area contributed by atoms with Crippen LogP contribution < -0.4 is 5.32 Å². The fourth-order valence-electron chi connectivity index (χ4n) is 2.57. The molecule has 0 unspecified atom stereocenters. The maximum Gasteiger partial charge on any atom is 0.126 e. The Morgan fingerprint density at radius 1 is 1.35 bits per heavy atom. The monoisotopic (exact) mass is 236 g/mol. The van der Waals surface area contributed by atoms with E-state index < -0.39 is 0 Å². The van der Waals surface area contributed by atoms with Gasteiger partial charge in [0.1, 0.15) is 5.82 Å². The van der Waals surface area contributed by atoms with Crippen molar-refractivity contribution in [1.82, 2.24) is 10.2 Å². The van der Waals surface area contributed by atoms with E-state index in [-0.39, 0.29) is 5.82 Å². The average Bonchev–Trinajstić information content (AvgIpc) is 2.36. The second kappa shape index (κ2) is 5.61. The number of hydrogen-bond donors (Lipinski definition) is 1. The first-order valence-corrected chi connectivity index (χ1v) is 6.43. The highest BCUT2D eigenvalue weighted by molar-refractivity contribution is 5.26. The molecule has 94 valence electrons. The van der Waals surface area contributed by atoms with Crippen LogP contribution in [0, 0.1) is 12.7 Å². The van der Waals surface area contributed by atoms with Gasteiger partial charge in [0.25, 0.3) is 0 Å². The summed E-state index contributed by atoms with van der Waals surface area (Å²) in [4.78, 5) is 2.49. The van der Waals surface area contributed by atoms with Gasteiger partial charge in [-0.15, -0.1) is 0 Å². The zero-order valence-electron chi connectivity index (χ0n) is 10.7. The summed E-state index contributed by atoms with van der Waals surface area (Å²) in [6, 6.07) is 5.94. The van der Waals surface area contributed by atoms with Gasteiger partial charge in [0.2, 0.25) is 0 Å². The fraction of sp³-hybridized carbons (Fsp3) is 0.571. The van der Waals surface area contributed by atoms with Crippen LogP contribution >= 0.6 is 0 Å². The number of benzene rings is 1. The minimum atomic E-state index is -0.107. The van der Waals surface area contributed by atoms with Crippen molar-refractivity contribution in [3.05, 3.63) is 35.1 Å². The summed E-state index contributed by atoms with van der Waals surface area (Å²) in [5, 5.41) is 3.36. The lowest BCUT2D eigenvalue weighted by molar-refractivity contribution is 0.169. The molecule has 0 radical (unpaired) electrons. The minimum Gasteiger partial charge on any atom is -0.314 e. The van der Waals surface area contributed by atoms with Crippen LogP contribution in [0.1, 0.15) is 30.5 Å². The lowest BCUT2D eigenvalue weighted by Crippen LogP contribution is -2.45. The third-order valence-electron chi connectivity index (χ3n) is 3.55. The zero-order chi connectivity index (χ0) is 12.3. The fourth-order valence-corrected chi connectivity index (χ4v) is 2.57. The molecule has 1 atom stereocenters. The minimum absolute atomic E-state index is 0.107. The van der Waals surface area contributed by atoms with E-state index in [4.69, 9.17) is 0 Å². The molecule has 1 N–H and O–H groups in total. The molecule has 1 aliphatic rings. The van der Waals surface area contributed by atoms with Crippen LogP contribution in [0.4, 0.5) is 4.39 Å². The van der Waals surface area contributed by atoms with Crippen molar-refractivity contribution in [3.8, 4) is 0 Å². The van der Waals surface area contributed by atoms with Gasteiger partial charge >= 0.3 is 0 Å². The predicted molar refractivity (Wildman–Crippen MR) is 68.6 cm³/mol. The van der Waals surface area contributed by atoms with Crippen molar-refractivity contribution < 1.29 is 4.39 Å². The summed E-state index contributed by atoms with van der Waals surface area (Å²) < 4.78 is 13.3. The van der Waals surface area contributed by atoms with Gasteiger partial charge in [-0.3, -0.25) is 4.90 Å². The average molecular weight is 236 g/mol. The van der Waals surface area contributed by atoms with Crippen LogP contribution in [-0.2, 0) is 0 Å².